The van der Waals surface area contributed by atoms with Crippen molar-refractivity contribution in [1.29, 1.82) is 0 Å². The molecule has 0 aliphatic rings. The van der Waals surface area contributed by atoms with Crippen molar-refractivity contribution in [3.05, 3.63) is 11.5 Å². The fourth-order valence-corrected chi connectivity index (χ4v) is 0.604. The van der Waals surface area contributed by atoms with Gasteiger partial charge in [-0.3, -0.25) is 0 Å². The van der Waals surface area contributed by atoms with Gasteiger partial charge in [0.25, 0.3) is 0 Å². The maximum absolute atomic E-state index is 10.2. The summed E-state index contributed by atoms with van der Waals surface area (Å²) in [5, 5.41) is 4.66. The van der Waals surface area contributed by atoms with E-state index < -0.39 is 10.0 Å². The van der Waals surface area contributed by atoms with Gasteiger partial charge in [0.05, 0.1) is 4.91 Å². The zero-order valence-electron chi connectivity index (χ0n) is 4.72. The van der Waals surface area contributed by atoms with E-state index in [4.69, 9.17) is 0 Å². The van der Waals surface area contributed by atoms with Crippen LogP contribution in [-0.4, -0.2) is 8.42 Å². The number of hydrogen-bond acceptors (Lipinski definition) is 2. The maximum atomic E-state index is 10.2. The first-order valence-electron chi connectivity index (χ1n) is 2.19. The molecule has 0 aliphatic carbocycles. The highest BCUT2D eigenvalue weighted by molar-refractivity contribution is 7.93. The number of primary sulfonamides is 1. The summed E-state index contributed by atoms with van der Waals surface area (Å²) in [7, 11) is -3.45. The van der Waals surface area contributed by atoms with Crippen LogP contribution in [0.5, 0.6) is 0 Å². The molecule has 0 rings (SSSR count). The van der Waals surface area contributed by atoms with Gasteiger partial charge in [-0.1, -0.05) is 13.5 Å². The average molecular weight is 135 g/mol. The second-order valence-corrected chi connectivity index (χ2v) is 3.10. The molecule has 0 aromatic carbocycles. The fraction of sp³-hybridized carbons (Fsp3) is 0.500. The van der Waals surface area contributed by atoms with Gasteiger partial charge in [0.1, 0.15) is 0 Å². The van der Waals surface area contributed by atoms with E-state index in [1.807, 2.05) is 0 Å². The Hall–Kier alpha value is -0.350. The number of allylic oxidation sites excluding steroid dienone is 1. The largest absolute Gasteiger partial charge is 0.233 e. The number of hydrogen-bond donors (Lipinski definition) is 1. The van der Waals surface area contributed by atoms with Crippen LogP contribution in [0.15, 0.2) is 11.5 Å². The zero-order valence-corrected chi connectivity index (χ0v) is 5.53. The molecule has 0 saturated heterocycles. The molecule has 0 aromatic rings. The Bertz CT molecular complexity index is 180. The highest BCUT2D eigenvalue weighted by atomic mass is 32.2. The van der Waals surface area contributed by atoms with Crippen LogP contribution >= 0.6 is 0 Å². The Morgan fingerprint density at radius 2 is 2.12 bits per heavy atom. The Kier molecular flexibility index (Phi) is 2.18. The van der Waals surface area contributed by atoms with Crippen molar-refractivity contribution in [3.8, 4) is 0 Å². The van der Waals surface area contributed by atoms with Crippen LogP contribution in [0.25, 0.3) is 0 Å². The van der Waals surface area contributed by atoms with Crippen LogP contribution in [0.3, 0.4) is 0 Å². The molecule has 2 N–H and O–H groups in total. The smallest absolute Gasteiger partial charge is 0.225 e. The van der Waals surface area contributed by atoms with Crippen LogP contribution in [0.2, 0.25) is 0 Å². The molecule has 0 bridgehead atoms. The number of sulfonamides is 1. The summed E-state index contributed by atoms with van der Waals surface area (Å²) in [4.78, 5) is 0.0810. The van der Waals surface area contributed by atoms with Crippen molar-refractivity contribution in [1.82, 2.24) is 0 Å². The minimum Gasteiger partial charge on any atom is -0.225 e. The van der Waals surface area contributed by atoms with E-state index in [0.29, 0.717) is 6.42 Å². The molecule has 0 radical (unpaired) electrons. The fourth-order valence-electron chi connectivity index (χ4n) is 0.201. The normalized spacial score (nSPS) is 11.2. The first kappa shape index (κ1) is 7.65. The quantitative estimate of drug-likeness (QED) is 0.588. The third-order valence-electron chi connectivity index (χ3n) is 0.797. The lowest BCUT2D eigenvalue weighted by atomic mass is 10.5. The Morgan fingerprint density at radius 1 is 1.75 bits per heavy atom. The lowest BCUT2D eigenvalue weighted by Gasteiger charge is -1.93. The summed E-state index contributed by atoms with van der Waals surface area (Å²) in [5.74, 6) is 0. The van der Waals surface area contributed by atoms with Crippen molar-refractivity contribution in [2.45, 2.75) is 13.3 Å². The van der Waals surface area contributed by atoms with E-state index in [-0.39, 0.29) is 4.91 Å². The van der Waals surface area contributed by atoms with Crippen molar-refractivity contribution in [3.63, 3.8) is 0 Å². The van der Waals surface area contributed by atoms with Crippen molar-refractivity contribution < 1.29 is 8.42 Å². The lowest BCUT2D eigenvalue weighted by Crippen LogP contribution is -2.12. The van der Waals surface area contributed by atoms with Gasteiger partial charge >= 0.3 is 0 Å². The van der Waals surface area contributed by atoms with Crippen molar-refractivity contribution in [2.75, 3.05) is 0 Å². The van der Waals surface area contributed by atoms with Gasteiger partial charge in [0, 0.05) is 0 Å². The third-order valence-corrected chi connectivity index (χ3v) is 1.89. The molecule has 0 unspecified atom stereocenters. The van der Waals surface area contributed by atoms with E-state index in [9.17, 15) is 8.42 Å². The summed E-state index contributed by atoms with van der Waals surface area (Å²) in [6.45, 7) is 4.92. The molecule has 3 nitrogen and oxygen atoms in total. The molecule has 48 valence electrons. The van der Waals surface area contributed by atoms with Crippen LogP contribution in [0.4, 0.5) is 0 Å². The molecule has 0 amide bonds. The molecule has 0 aromatic heterocycles. The maximum Gasteiger partial charge on any atom is 0.233 e. The third kappa shape index (κ3) is 2.09. The molecule has 0 spiro atoms. The molecule has 0 heterocycles. The van der Waals surface area contributed by atoms with Gasteiger partial charge in [-0.15, -0.1) is 0 Å². The van der Waals surface area contributed by atoms with E-state index in [0.717, 1.165) is 0 Å². The highest BCUT2D eigenvalue weighted by Gasteiger charge is 2.03. The summed E-state index contributed by atoms with van der Waals surface area (Å²) in [6, 6.07) is 0. The first-order chi connectivity index (χ1) is 3.48. The summed E-state index contributed by atoms with van der Waals surface area (Å²) >= 11 is 0. The first-order valence-corrected chi connectivity index (χ1v) is 3.73. The second-order valence-electron chi connectivity index (χ2n) is 1.44. The van der Waals surface area contributed by atoms with Crippen LogP contribution < -0.4 is 5.14 Å². The molecule has 0 aliphatic heterocycles. The molecular weight excluding hydrogens is 126 g/mol. The lowest BCUT2D eigenvalue weighted by molar-refractivity contribution is 0.602. The van der Waals surface area contributed by atoms with Gasteiger partial charge in [0.2, 0.25) is 10.0 Å². The molecule has 4 heteroatoms. The molecular formula is C4H9NO2S. The Balaban J connectivity index is 4.29. The zero-order chi connectivity index (χ0) is 6.78. The van der Waals surface area contributed by atoms with Crippen LogP contribution in [0.1, 0.15) is 13.3 Å². The monoisotopic (exact) mass is 135 g/mol. The predicted octanol–water partition coefficient (Wildman–Crippen LogP) is 0.199. The SMILES string of the molecule is C=C(CC)S(N)(=O)=O. The van der Waals surface area contributed by atoms with Crippen molar-refractivity contribution in [2.24, 2.45) is 5.14 Å². The molecule has 8 heavy (non-hydrogen) atoms. The molecule has 0 fully saturated rings. The summed E-state index contributed by atoms with van der Waals surface area (Å²) in [6.07, 6.45) is 0.388. The van der Waals surface area contributed by atoms with Crippen LogP contribution in [0, 0.1) is 0 Å². The summed E-state index contributed by atoms with van der Waals surface area (Å²) in [5.41, 5.74) is 0. The standard InChI is InChI=1S/C4H9NO2S/c1-3-4(2)8(5,6)7/h2-3H2,1H3,(H2,5,6,7). The summed E-state index contributed by atoms with van der Waals surface area (Å²) < 4.78 is 20.5. The van der Waals surface area contributed by atoms with Gasteiger partial charge in [-0.05, 0) is 6.42 Å². The number of nitrogens with two attached hydrogens (primary N) is 1. The van der Waals surface area contributed by atoms with Gasteiger partial charge in [-0.25, -0.2) is 13.6 Å². The Labute approximate surface area is 49.2 Å². The van der Waals surface area contributed by atoms with Gasteiger partial charge < -0.3 is 0 Å². The minimum absolute atomic E-state index is 0.0810. The van der Waals surface area contributed by atoms with Gasteiger partial charge in [0.15, 0.2) is 0 Å². The highest BCUT2D eigenvalue weighted by Crippen LogP contribution is 2.00. The van der Waals surface area contributed by atoms with Crippen molar-refractivity contribution >= 4 is 10.0 Å². The average Bonchev–Trinajstić information content (AvgIpc) is 1.62. The van der Waals surface area contributed by atoms with E-state index >= 15 is 0 Å². The minimum atomic E-state index is -3.45. The topological polar surface area (TPSA) is 60.2 Å². The van der Waals surface area contributed by atoms with Gasteiger partial charge in [-0.2, -0.15) is 0 Å². The molecule has 0 atom stereocenters. The van der Waals surface area contributed by atoms with E-state index in [1.165, 1.54) is 0 Å². The van der Waals surface area contributed by atoms with Crippen LogP contribution in [-0.2, 0) is 10.0 Å². The molecule has 0 saturated carbocycles. The predicted molar refractivity (Wildman–Crippen MR) is 32.5 cm³/mol. The van der Waals surface area contributed by atoms with E-state index in [2.05, 4.69) is 11.7 Å². The number of rotatable bonds is 2. The Morgan fingerprint density at radius 3 is 2.12 bits per heavy atom. The van der Waals surface area contributed by atoms with E-state index in [1.54, 1.807) is 6.92 Å². The second kappa shape index (κ2) is 2.28.